The minimum atomic E-state index is 0. The van der Waals surface area contributed by atoms with Crippen LogP contribution in [0.5, 0.6) is 0 Å². The van der Waals surface area contributed by atoms with Gasteiger partial charge in [0.25, 0.3) is 0 Å². The van der Waals surface area contributed by atoms with Crippen LogP contribution in [0, 0.1) is 0 Å². The molecule has 90 valence electrons. The standard InChI is InChI=1S/C11H12N4O.ClH/c1-2-6-12-8(4-1)10-14-11(16-15-10)9-5-3-7-13-9;/h1-2,4,6,9,13H,3,5,7H2;1H/t9-;/m0./s1. The zero-order valence-electron chi connectivity index (χ0n) is 9.17. The van der Waals surface area contributed by atoms with Crippen LogP contribution < -0.4 is 5.32 Å². The summed E-state index contributed by atoms with van der Waals surface area (Å²) in [7, 11) is 0. The lowest BCUT2D eigenvalue weighted by Crippen LogP contribution is -2.12. The highest BCUT2D eigenvalue weighted by atomic mass is 35.5. The Morgan fingerprint density at radius 1 is 1.35 bits per heavy atom. The van der Waals surface area contributed by atoms with Gasteiger partial charge in [-0.25, -0.2) is 0 Å². The highest BCUT2D eigenvalue weighted by Crippen LogP contribution is 2.23. The Kier molecular flexibility index (Phi) is 3.71. The molecule has 0 aromatic carbocycles. The Bertz CT molecular complexity index is 467. The normalized spacial score (nSPS) is 18.9. The van der Waals surface area contributed by atoms with Crippen LogP contribution in [-0.2, 0) is 0 Å². The molecule has 1 N–H and O–H groups in total. The van der Waals surface area contributed by atoms with Crippen molar-refractivity contribution in [1.82, 2.24) is 20.4 Å². The van der Waals surface area contributed by atoms with Crippen LogP contribution in [0.4, 0.5) is 0 Å². The number of nitrogens with one attached hydrogen (secondary N) is 1. The third-order valence-electron chi connectivity index (χ3n) is 2.69. The van der Waals surface area contributed by atoms with Crippen LogP contribution in [0.3, 0.4) is 0 Å². The third kappa shape index (κ3) is 2.45. The summed E-state index contributed by atoms with van der Waals surface area (Å²) in [4.78, 5) is 8.54. The van der Waals surface area contributed by atoms with E-state index in [4.69, 9.17) is 4.52 Å². The highest BCUT2D eigenvalue weighted by molar-refractivity contribution is 5.85. The van der Waals surface area contributed by atoms with Gasteiger partial charge in [0.1, 0.15) is 5.69 Å². The molecule has 2 aromatic heterocycles. The van der Waals surface area contributed by atoms with Gasteiger partial charge in [-0.05, 0) is 31.5 Å². The average molecular weight is 253 g/mol. The Morgan fingerprint density at radius 2 is 2.29 bits per heavy atom. The summed E-state index contributed by atoms with van der Waals surface area (Å²) in [6.45, 7) is 1.02. The van der Waals surface area contributed by atoms with E-state index in [9.17, 15) is 0 Å². The summed E-state index contributed by atoms with van der Waals surface area (Å²) in [5.74, 6) is 1.22. The van der Waals surface area contributed by atoms with Gasteiger partial charge in [-0.15, -0.1) is 12.4 Å². The van der Waals surface area contributed by atoms with Gasteiger partial charge < -0.3 is 9.84 Å². The lowest BCUT2D eigenvalue weighted by Gasteiger charge is -2.01. The van der Waals surface area contributed by atoms with E-state index < -0.39 is 0 Å². The summed E-state index contributed by atoms with van der Waals surface area (Å²) in [5.41, 5.74) is 0.746. The van der Waals surface area contributed by atoms with Crippen LogP contribution in [0.2, 0.25) is 0 Å². The van der Waals surface area contributed by atoms with E-state index >= 15 is 0 Å². The van der Waals surface area contributed by atoms with Gasteiger partial charge in [0.2, 0.25) is 11.7 Å². The first-order valence-corrected chi connectivity index (χ1v) is 5.42. The van der Waals surface area contributed by atoms with Crippen molar-refractivity contribution in [3.8, 4) is 11.5 Å². The van der Waals surface area contributed by atoms with Crippen LogP contribution in [0.1, 0.15) is 24.8 Å². The lowest BCUT2D eigenvalue weighted by atomic mass is 10.2. The summed E-state index contributed by atoms with van der Waals surface area (Å²) in [5, 5.41) is 7.26. The monoisotopic (exact) mass is 252 g/mol. The molecule has 17 heavy (non-hydrogen) atoms. The van der Waals surface area contributed by atoms with E-state index in [-0.39, 0.29) is 18.4 Å². The van der Waals surface area contributed by atoms with Gasteiger partial charge in [0.05, 0.1) is 6.04 Å². The highest BCUT2D eigenvalue weighted by Gasteiger charge is 2.22. The van der Waals surface area contributed by atoms with Gasteiger partial charge in [0.15, 0.2) is 0 Å². The van der Waals surface area contributed by atoms with Crippen molar-refractivity contribution >= 4 is 12.4 Å². The molecule has 1 aliphatic heterocycles. The number of pyridine rings is 1. The quantitative estimate of drug-likeness (QED) is 0.885. The molecule has 0 aliphatic carbocycles. The number of halogens is 1. The molecule has 0 saturated carbocycles. The van der Waals surface area contributed by atoms with Crippen LogP contribution in [0.25, 0.3) is 11.5 Å². The van der Waals surface area contributed by atoms with E-state index in [1.54, 1.807) is 6.20 Å². The first-order valence-electron chi connectivity index (χ1n) is 5.42. The van der Waals surface area contributed by atoms with Crippen molar-refractivity contribution in [3.63, 3.8) is 0 Å². The lowest BCUT2D eigenvalue weighted by molar-refractivity contribution is 0.345. The molecule has 0 bridgehead atoms. The molecule has 1 aliphatic rings. The Labute approximate surface area is 105 Å². The Morgan fingerprint density at radius 3 is 3.00 bits per heavy atom. The van der Waals surface area contributed by atoms with Crippen molar-refractivity contribution in [2.75, 3.05) is 6.54 Å². The predicted octanol–water partition coefficient (Wildman–Crippen LogP) is 1.98. The molecular weight excluding hydrogens is 240 g/mol. The molecule has 0 unspecified atom stereocenters. The number of hydrogen-bond acceptors (Lipinski definition) is 5. The summed E-state index contributed by atoms with van der Waals surface area (Å²) >= 11 is 0. The van der Waals surface area contributed by atoms with Gasteiger partial charge in [-0.3, -0.25) is 4.98 Å². The number of aromatic nitrogens is 3. The van der Waals surface area contributed by atoms with Gasteiger partial charge in [-0.2, -0.15) is 4.98 Å². The summed E-state index contributed by atoms with van der Waals surface area (Å²) in [6.07, 6.45) is 3.94. The fraction of sp³-hybridized carbons (Fsp3) is 0.364. The molecule has 1 atom stereocenters. The maximum atomic E-state index is 5.24. The SMILES string of the molecule is Cl.c1ccc(-c2noc([C@@H]3CCCN3)n2)nc1. The number of rotatable bonds is 2. The zero-order valence-corrected chi connectivity index (χ0v) is 9.98. The molecule has 0 amide bonds. The fourth-order valence-electron chi connectivity index (χ4n) is 1.87. The number of hydrogen-bond donors (Lipinski definition) is 1. The van der Waals surface area contributed by atoms with Crippen molar-refractivity contribution in [2.24, 2.45) is 0 Å². The van der Waals surface area contributed by atoms with E-state index in [0.29, 0.717) is 11.7 Å². The molecule has 1 saturated heterocycles. The second-order valence-electron chi connectivity index (χ2n) is 3.82. The molecule has 6 heteroatoms. The van der Waals surface area contributed by atoms with Crippen LogP contribution >= 0.6 is 12.4 Å². The topological polar surface area (TPSA) is 63.8 Å². The minimum absolute atomic E-state index is 0. The predicted molar refractivity (Wildman–Crippen MR) is 64.8 cm³/mol. The summed E-state index contributed by atoms with van der Waals surface area (Å²) < 4.78 is 5.24. The minimum Gasteiger partial charge on any atom is -0.337 e. The Hall–Kier alpha value is -1.46. The fourth-order valence-corrected chi connectivity index (χ4v) is 1.87. The molecule has 1 fully saturated rings. The van der Waals surface area contributed by atoms with E-state index in [1.165, 1.54) is 0 Å². The van der Waals surface area contributed by atoms with Crippen molar-refractivity contribution < 1.29 is 4.52 Å². The first-order chi connectivity index (χ1) is 7.93. The van der Waals surface area contributed by atoms with Crippen molar-refractivity contribution in [2.45, 2.75) is 18.9 Å². The average Bonchev–Trinajstić information content (AvgIpc) is 3.01. The molecule has 3 rings (SSSR count). The second kappa shape index (κ2) is 5.25. The Balaban J connectivity index is 0.00000108. The molecule has 3 heterocycles. The van der Waals surface area contributed by atoms with E-state index in [0.717, 1.165) is 25.1 Å². The summed E-state index contributed by atoms with van der Waals surface area (Å²) in [6, 6.07) is 5.86. The maximum Gasteiger partial charge on any atom is 0.244 e. The van der Waals surface area contributed by atoms with Crippen LogP contribution in [0.15, 0.2) is 28.9 Å². The molecule has 2 aromatic rings. The molecular formula is C11H13ClN4O. The second-order valence-corrected chi connectivity index (χ2v) is 3.82. The van der Waals surface area contributed by atoms with Crippen LogP contribution in [-0.4, -0.2) is 21.7 Å². The molecule has 0 radical (unpaired) electrons. The smallest absolute Gasteiger partial charge is 0.244 e. The van der Waals surface area contributed by atoms with E-state index in [2.05, 4.69) is 20.4 Å². The molecule has 0 spiro atoms. The zero-order chi connectivity index (χ0) is 10.8. The van der Waals surface area contributed by atoms with Crippen molar-refractivity contribution in [3.05, 3.63) is 30.3 Å². The van der Waals surface area contributed by atoms with E-state index in [1.807, 2.05) is 18.2 Å². The van der Waals surface area contributed by atoms with Crippen molar-refractivity contribution in [1.29, 1.82) is 0 Å². The van der Waals surface area contributed by atoms with Gasteiger partial charge in [0, 0.05) is 6.20 Å². The largest absolute Gasteiger partial charge is 0.337 e. The number of nitrogens with zero attached hydrogens (tertiary/aromatic N) is 3. The third-order valence-corrected chi connectivity index (χ3v) is 2.69. The maximum absolute atomic E-state index is 5.24. The molecule has 5 nitrogen and oxygen atoms in total. The first kappa shape index (κ1) is 12.0. The van der Waals surface area contributed by atoms with Gasteiger partial charge >= 0.3 is 0 Å². The van der Waals surface area contributed by atoms with Gasteiger partial charge in [-0.1, -0.05) is 11.2 Å².